The number of nitrogens with zero attached hydrogens (tertiary/aromatic N) is 1. The van der Waals surface area contributed by atoms with Crippen molar-refractivity contribution in [1.29, 1.82) is 0 Å². The summed E-state index contributed by atoms with van der Waals surface area (Å²) in [4.78, 5) is 29.0. The van der Waals surface area contributed by atoms with Crippen LogP contribution in [0.2, 0.25) is 0 Å². The van der Waals surface area contributed by atoms with Crippen LogP contribution in [0.5, 0.6) is 11.5 Å². The van der Waals surface area contributed by atoms with Gasteiger partial charge in [-0.05, 0) is 55.7 Å². The lowest BCUT2D eigenvalue weighted by molar-refractivity contribution is 0.0696. The topological polar surface area (TPSA) is 93.0 Å². The number of thiophene rings is 1. The maximum atomic E-state index is 13.0. The molecule has 2 aliphatic heterocycles. The highest BCUT2D eigenvalue weighted by Gasteiger charge is 2.34. The average Bonchev–Trinajstić information content (AvgIpc) is 3.46. The van der Waals surface area contributed by atoms with Crippen LogP contribution in [0.1, 0.15) is 56.9 Å². The zero-order valence-electron chi connectivity index (χ0n) is 18.6. The van der Waals surface area contributed by atoms with E-state index in [2.05, 4.69) is 29.4 Å². The van der Waals surface area contributed by atoms with Crippen LogP contribution in [0, 0.1) is 0 Å². The lowest BCUT2D eigenvalue weighted by atomic mass is 9.99. The first kappa shape index (κ1) is 21.5. The molecule has 2 aliphatic rings. The van der Waals surface area contributed by atoms with Crippen molar-refractivity contribution < 1.29 is 23.5 Å². The number of fused-ring (bicyclic) bond motifs is 3. The van der Waals surface area contributed by atoms with Gasteiger partial charge in [0.15, 0.2) is 11.5 Å². The summed E-state index contributed by atoms with van der Waals surface area (Å²) in [6.07, 6.45) is 1.86. The van der Waals surface area contributed by atoms with Crippen molar-refractivity contribution >= 4 is 28.2 Å². The molecular formula is C24H25N3O5S. The van der Waals surface area contributed by atoms with Gasteiger partial charge in [-0.15, -0.1) is 11.3 Å². The van der Waals surface area contributed by atoms with Gasteiger partial charge in [-0.25, -0.2) is 4.79 Å². The lowest BCUT2D eigenvalue weighted by Gasteiger charge is -2.31. The van der Waals surface area contributed by atoms with Crippen LogP contribution in [0.4, 0.5) is 5.00 Å². The Kier molecular flexibility index (Phi) is 5.59. The van der Waals surface area contributed by atoms with E-state index in [9.17, 15) is 9.59 Å². The third-order valence-corrected chi connectivity index (χ3v) is 7.19. The van der Waals surface area contributed by atoms with Crippen molar-refractivity contribution in [1.82, 2.24) is 10.2 Å². The minimum absolute atomic E-state index is 0.0727. The van der Waals surface area contributed by atoms with Gasteiger partial charge in [-0.2, -0.15) is 0 Å². The second-order valence-corrected chi connectivity index (χ2v) is 9.46. The Morgan fingerprint density at radius 2 is 2.09 bits per heavy atom. The number of carbonyl (C=O) groups is 2. The molecule has 0 spiro atoms. The minimum Gasteiger partial charge on any atom is -0.493 e. The van der Waals surface area contributed by atoms with Crippen molar-refractivity contribution in [3.63, 3.8) is 0 Å². The first-order valence-electron chi connectivity index (χ1n) is 10.8. The highest BCUT2D eigenvalue weighted by Crippen LogP contribution is 2.41. The third kappa shape index (κ3) is 3.98. The number of ether oxygens (including phenoxy) is 2. The van der Waals surface area contributed by atoms with Crippen LogP contribution < -0.4 is 20.1 Å². The van der Waals surface area contributed by atoms with Gasteiger partial charge >= 0.3 is 5.97 Å². The normalized spacial score (nSPS) is 17.7. The Balaban J connectivity index is 1.38. The predicted molar refractivity (Wildman–Crippen MR) is 124 cm³/mol. The predicted octanol–water partition coefficient (Wildman–Crippen LogP) is 4.19. The number of benzene rings is 1. The van der Waals surface area contributed by atoms with E-state index in [1.807, 2.05) is 0 Å². The number of amides is 1. The summed E-state index contributed by atoms with van der Waals surface area (Å²) >= 11 is 1.66. The van der Waals surface area contributed by atoms with Crippen LogP contribution >= 0.6 is 11.3 Å². The molecule has 0 bridgehead atoms. The van der Waals surface area contributed by atoms with E-state index in [0.29, 0.717) is 11.8 Å². The monoisotopic (exact) mass is 467 g/mol. The van der Waals surface area contributed by atoms with E-state index >= 15 is 0 Å². The molecule has 0 saturated carbocycles. The summed E-state index contributed by atoms with van der Waals surface area (Å²) < 4.78 is 15.9. The van der Waals surface area contributed by atoms with Crippen LogP contribution in [0.3, 0.4) is 0 Å². The molecule has 8 nitrogen and oxygen atoms in total. The molecule has 0 aliphatic carbocycles. The van der Waals surface area contributed by atoms with Crippen molar-refractivity contribution in [2.45, 2.75) is 39.0 Å². The Bertz CT molecular complexity index is 1200. The Morgan fingerprint density at radius 1 is 1.24 bits per heavy atom. The molecule has 33 heavy (non-hydrogen) atoms. The first-order chi connectivity index (χ1) is 15.9. The molecular weight excluding hydrogens is 442 g/mol. The van der Waals surface area contributed by atoms with E-state index in [4.69, 9.17) is 13.9 Å². The summed E-state index contributed by atoms with van der Waals surface area (Å²) in [5.41, 5.74) is 2.72. The lowest BCUT2D eigenvalue weighted by Crippen LogP contribution is -2.39. The van der Waals surface area contributed by atoms with Gasteiger partial charge in [-0.1, -0.05) is 6.07 Å². The molecule has 0 fully saturated rings. The maximum Gasteiger partial charge on any atom is 0.379 e. The summed E-state index contributed by atoms with van der Waals surface area (Å²) in [5, 5.41) is 7.42. The van der Waals surface area contributed by atoms with Gasteiger partial charge < -0.3 is 24.5 Å². The molecule has 5 rings (SSSR count). The van der Waals surface area contributed by atoms with E-state index in [1.165, 1.54) is 24.3 Å². The average molecular weight is 468 g/mol. The molecule has 1 atom stereocenters. The Morgan fingerprint density at radius 3 is 2.82 bits per heavy atom. The van der Waals surface area contributed by atoms with Crippen LogP contribution in [-0.4, -0.2) is 36.5 Å². The molecule has 9 heteroatoms. The van der Waals surface area contributed by atoms with Crippen LogP contribution in [0.25, 0.3) is 0 Å². The largest absolute Gasteiger partial charge is 0.493 e. The zero-order valence-corrected chi connectivity index (χ0v) is 19.5. The number of carbonyl (C=O) groups excluding carboxylic acids is 2. The number of esters is 1. The second-order valence-electron chi connectivity index (χ2n) is 8.35. The van der Waals surface area contributed by atoms with E-state index in [1.54, 1.807) is 35.6 Å². The third-order valence-electron chi connectivity index (χ3n) is 6.04. The number of anilines is 1. The van der Waals surface area contributed by atoms with Gasteiger partial charge in [0.1, 0.15) is 11.2 Å². The van der Waals surface area contributed by atoms with E-state index in [0.717, 1.165) is 41.2 Å². The second kappa shape index (κ2) is 8.57. The minimum atomic E-state index is -0.612. The molecule has 2 N–H and O–H groups in total. The molecule has 172 valence electrons. The summed E-state index contributed by atoms with van der Waals surface area (Å²) in [7, 11) is 1.50. The van der Waals surface area contributed by atoms with Gasteiger partial charge in [0.25, 0.3) is 5.91 Å². The standard InChI is InChI=1S/C24H25N3O5S/c1-13(2)27-9-8-15-19(12-27)33-23-20(15)22(28)25-21(26-23)14-6-7-16(18(11-14)30-3)32-24(29)17-5-4-10-31-17/h4-7,10-11,13,21,26H,8-9,12H2,1-3H3,(H,25,28)/t21-/m1/s1. The Labute approximate surface area is 195 Å². The number of furan rings is 1. The number of hydrogen-bond acceptors (Lipinski definition) is 8. The smallest absolute Gasteiger partial charge is 0.379 e. The van der Waals surface area contributed by atoms with Gasteiger partial charge in [0, 0.05) is 24.0 Å². The van der Waals surface area contributed by atoms with Crippen molar-refractivity contribution in [2.75, 3.05) is 19.0 Å². The SMILES string of the molecule is COc1cc([C@@H]2NC(=O)c3c(sc4c3CCN(C(C)C)C4)N2)ccc1OC(=O)c1ccco1. The van der Waals surface area contributed by atoms with Gasteiger partial charge in [0.2, 0.25) is 5.76 Å². The number of hydrogen-bond donors (Lipinski definition) is 2. The van der Waals surface area contributed by atoms with E-state index < -0.39 is 12.1 Å². The quantitative estimate of drug-likeness (QED) is 0.429. The zero-order chi connectivity index (χ0) is 23.1. The van der Waals surface area contributed by atoms with Crippen molar-refractivity contribution in [2.24, 2.45) is 0 Å². The summed E-state index contributed by atoms with van der Waals surface area (Å²) in [5.74, 6) is 0.0710. The molecule has 1 amide bonds. The molecule has 3 aromatic rings. The number of methoxy groups -OCH3 is 1. The number of rotatable bonds is 5. The van der Waals surface area contributed by atoms with Crippen LogP contribution in [0.15, 0.2) is 41.0 Å². The van der Waals surface area contributed by atoms with Crippen LogP contribution in [-0.2, 0) is 13.0 Å². The van der Waals surface area contributed by atoms with E-state index in [-0.39, 0.29) is 17.4 Å². The molecule has 2 aromatic heterocycles. The molecule has 1 aromatic carbocycles. The van der Waals surface area contributed by atoms with Crippen molar-refractivity contribution in [3.8, 4) is 11.5 Å². The fourth-order valence-corrected chi connectivity index (χ4v) is 5.53. The fraction of sp³-hybridized carbons (Fsp3) is 0.333. The maximum absolute atomic E-state index is 13.0. The molecule has 0 unspecified atom stereocenters. The fourth-order valence-electron chi connectivity index (χ4n) is 4.24. The van der Waals surface area contributed by atoms with Gasteiger partial charge in [-0.3, -0.25) is 9.69 Å². The summed E-state index contributed by atoms with van der Waals surface area (Å²) in [6, 6.07) is 8.82. The van der Waals surface area contributed by atoms with Gasteiger partial charge in [0.05, 0.1) is 18.9 Å². The number of nitrogens with one attached hydrogen (secondary N) is 2. The summed E-state index contributed by atoms with van der Waals surface area (Å²) in [6.45, 7) is 6.22. The van der Waals surface area contributed by atoms with Crippen molar-refractivity contribution in [3.05, 3.63) is 63.9 Å². The Hall–Kier alpha value is -3.30. The molecule has 0 saturated heterocycles. The molecule has 0 radical (unpaired) electrons. The highest BCUT2D eigenvalue weighted by atomic mass is 32.1. The molecule has 4 heterocycles. The highest BCUT2D eigenvalue weighted by molar-refractivity contribution is 7.16. The first-order valence-corrected chi connectivity index (χ1v) is 11.7.